The molecule has 16 nitrogen and oxygen atoms in total. The van der Waals surface area contributed by atoms with E-state index in [0.717, 1.165) is 18.9 Å². The molecule has 0 spiro atoms. The van der Waals surface area contributed by atoms with Crippen LogP contribution in [0.2, 0.25) is 0 Å². The molecule has 0 radical (unpaired) electrons. The minimum Gasteiger partial charge on any atom is -0.508 e. The number of aliphatic hydroxyl groups excluding tert-OH is 4. The number of aliphatic hydroxyl groups is 4. The third kappa shape index (κ3) is 9.26. The molecule has 0 saturated carbocycles. The predicted molar refractivity (Wildman–Crippen MR) is 164 cm³/mol. The zero-order valence-corrected chi connectivity index (χ0v) is 26.5. The van der Waals surface area contributed by atoms with Crippen LogP contribution < -0.4 is 4.74 Å². The van der Waals surface area contributed by atoms with Crippen molar-refractivity contribution in [1.29, 1.82) is 0 Å². The summed E-state index contributed by atoms with van der Waals surface area (Å²) in [6.45, 7) is -1.24. The van der Waals surface area contributed by atoms with Gasteiger partial charge in [0.2, 0.25) is 6.29 Å². The Morgan fingerprint density at radius 1 is 0.918 bits per heavy atom. The Morgan fingerprint density at radius 2 is 1.65 bits per heavy atom. The van der Waals surface area contributed by atoms with Gasteiger partial charge in [0.1, 0.15) is 36.8 Å². The van der Waals surface area contributed by atoms with Gasteiger partial charge in [-0.25, -0.2) is 9.59 Å². The van der Waals surface area contributed by atoms with E-state index in [4.69, 9.17) is 33.2 Å². The van der Waals surface area contributed by atoms with E-state index in [1.165, 1.54) is 43.5 Å². The summed E-state index contributed by atoms with van der Waals surface area (Å²) in [5, 5.41) is 60.0. The molecule has 2 heterocycles. The highest BCUT2D eigenvalue weighted by atomic mass is 16.8. The standard InChI is InChI=1S/C33H38O16/c1-43-24-13-18(5-8-23(24)36)30(41)46-12-10-20-21(14-26(37)45-11-9-17-3-6-19(35)7-4-17)22(31(42)44-2)16-47-32(20)49-33-29(40)28(39)27(38)25(15-34)48-33/h3-8,10,13,16,21,25,27-29,32-36,38-40H,9,11-12,14-15H2,1-2H3/t21-,25+,27+,28-,29+,32-,33+/m0/s1. The van der Waals surface area contributed by atoms with Crippen molar-refractivity contribution in [2.45, 2.75) is 49.8 Å². The van der Waals surface area contributed by atoms with E-state index in [2.05, 4.69) is 0 Å². The van der Waals surface area contributed by atoms with Gasteiger partial charge in [-0.3, -0.25) is 4.79 Å². The molecule has 0 aromatic heterocycles. The van der Waals surface area contributed by atoms with E-state index >= 15 is 0 Å². The first-order chi connectivity index (χ1) is 23.5. The van der Waals surface area contributed by atoms with Crippen LogP contribution in [0.25, 0.3) is 0 Å². The Balaban J connectivity index is 1.59. The lowest BCUT2D eigenvalue weighted by Gasteiger charge is -2.42. The van der Waals surface area contributed by atoms with Crippen LogP contribution >= 0.6 is 0 Å². The predicted octanol–water partition coefficient (Wildman–Crippen LogP) is 0.212. The Kier molecular flexibility index (Phi) is 13.0. The summed E-state index contributed by atoms with van der Waals surface area (Å²) in [4.78, 5) is 38.7. The summed E-state index contributed by atoms with van der Waals surface area (Å²) >= 11 is 0. The van der Waals surface area contributed by atoms with Gasteiger partial charge in [-0.15, -0.1) is 0 Å². The quantitative estimate of drug-likeness (QED) is 0.0936. The smallest absolute Gasteiger partial charge is 0.338 e. The topological polar surface area (TPSA) is 237 Å². The van der Waals surface area contributed by atoms with E-state index in [9.17, 15) is 45.0 Å². The fourth-order valence-electron chi connectivity index (χ4n) is 5.10. The van der Waals surface area contributed by atoms with Crippen molar-refractivity contribution in [2.24, 2.45) is 5.92 Å². The number of rotatable bonds is 13. The number of esters is 3. The van der Waals surface area contributed by atoms with Crippen LogP contribution in [0.3, 0.4) is 0 Å². The molecule has 0 amide bonds. The second kappa shape index (κ2) is 17.1. The molecule has 1 saturated heterocycles. The summed E-state index contributed by atoms with van der Waals surface area (Å²) in [6, 6.07) is 10.1. The molecular formula is C33H38O16. The summed E-state index contributed by atoms with van der Waals surface area (Å²) in [5.74, 6) is -3.68. The van der Waals surface area contributed by atoms with Crippen LogP contribution in [0.1, 0.15) is 22.3 Å². The first kappa shape index (κ1) is 37.1. The third-order valence-corrected chi connectivity index (χ3v) is 7.81. The summed E-state index contributed by atoms with van der Waals surface area (Å²) in [5.41, 5.74) is 0.721. The molecule has 2 aromatic rings. The SMILES string of the molecule is COC(=O)C1=CO[C@@H](O[C@H]2O[C@H](CO)[C@@H](O)[C@H](O)[C@H]2O)C(=CCOC(=O)c2ccc(O)c(OC)c2)[C@@H]1CC(=O)OCCc1ccc(O)cc1. The normalized spacial score (nSPS) is 25.9. The molecule has 0 unspecified atom stereocenters. The first-order valence-corrected chi connectivity index (χ1v) is 15.0. The Labute approximate surface area is 280 Å². The van der Waals surface area contributed by atoms with E-state index in [1.54, 1.807) is 12.1 Å². The zero-order valence-electron chi connectivity index (χ0n) is 26.5. The highest BCUT2D eigenvalue weighted by molar-refractivity contribution is 5.91. The number of hydrogen-bond acceptors (Lipinski definition) is 16. The summed E-state index contributed by atoms with van der Waals surface area (Å²) in [6.07, 6.45) is -7.64. The monoisotopic (exact) mass is 690 g/mol. The van der Waals surface area contributed by atoms with Crippen molar-refractivity contribution in [3.05, 3.63) is 77.1 Å². The molecule has 0 bridgehead atoms. The maximum atomic E-state index is 13.1. The number of hydrogen-bond donors (Lipinski definition) is 6. The van der Waals surface area contributed by atoms with Crippen LogP contribution in [0.5, 0.6) is 17.2 Å². The molecule has 4 rings (SSSR count). The van der Waals surface area contributed by atoms with Crippen LogP contribution in [0, 0.1) is 5.92 Å². The third-order valence-electron chi connectivity index (χ3n) is 7.81. The van der Waals surface area contributed by atoms with Gasteiger partial charge in [0.25, 0.3) is 0 Å². The minimum atomic E-state index is -1.82. The fourth-order valence-corrected chi connectivity index (χ4v) is 5.10. The maximum absolute atomic E-state index is 13.1. The second-order valence-electron chi connectivity index (χ2n) is 10.9. The molecule has 2 aliphatic heterocycles. The summed E-state index contributed by atoms with van der Waals surface area (Å²) in [7, 11) is 2.42. The number of methoxy groups -OCH3 is 2. The van der Waals surface area contributed by atoms with Gasteiger partial charge < -0.3 is 63.8 Å². The van der Waals surface area contributed by atoms with Gasteiger partial charge in [0, 0.05) is 17.9 Å². The fraction of sp³-hybridized carbons (Fsp3) is 0.424. The number of phenols is 2. The van der Waals surface area contributed by atoms with Crippen LogP contribution in [0.4, 0.5) is 0 Å². The van der Waals surface area contributed by atoms with E-state index in [0.29, 0.717) is 6.42 Å². The number of carbonyl (C=O) groups excluding carboxylic acids is 3. The van der Waals surface area contributed by atoms with Crippen molar-refractivity contribution in [3.8, 4) is 17.2 Å². The first-order valence-electron chi connectivity index (χ1n) is 15.0. The molecule has 0 aliphatic carbocycles. The van der Waals surface area contributed by atoms with Gasteiger partial charge >= 0.3 is 17.9 Å². The highest BCUT2D eigenvalue weighted by Gasteiger charge is 2.47. The number of benzene rings is 2. The Morgan fingerprint density at radius 3 is 2.33 bits per heavy atom. The number of aromatic hydroxyl groups is 2. The molecule has 6 N–H and O–H groups in total. The lowest BCUT2D eigenvalue weighted by molar-refractivity contribution is -0.327. The minimum absolute atomic E-state index is 0.0262. The van der Waals surface area contributed by atoms with Gasteiger partial charge in [-0.05, 0) is 42.0 Å². The highest BCUT2D eigenvalue weighted by Crippen LogP contribution is 2.36. The largest absolute Gasteiger partial charge is 0.508 e. The zero-order chi connectivity index (χ0) is 35.7. The van der Waals surface area contributed by atoms with Gasteiger partial charge in [0.05, 0.1) is 51.3 Å². The van der Waals surface area contributed by atoms with E-state index in [1.807, 2.05) is 0 Å². The maximum Gasteiger partial charge on any atom is 0.338 e. The van der Waals surface area contributed by atoms with Gasteiger partial charge in [0.15, 0.2) is 17.8 Å². The number of carbonyl (C=O) groups is 3. The van der Waals surface area contributed by atoms with Crippen LogP contribution in [-0.4, -0.2) is 120 Å². The van der Waals surface area contributed by atoms with Crippen LogP contribution in [0.15, 0.2) is 65.9 Å². The lowest BCUT2D eigenvalue weighted by atomic mass is 9.86. The molecule has 1 fully saturated rings. The van der Waals surface area contributed by atoms with Crippen LogP contribution in [-0.2, 0) is 44.4 Å². The second-order valence-corrected chi connectivity index (χ2v) is 10.9. The lowest BCUT2D eigenvalue weighted by Crippen LogP contribution is -2.60. The van der Waals surface area contributed by atoms with Gasteiger partial charge in [-0.1, -0.05) is 12.1 Å². The Hall–Kier alpha value is -4.71. The molecule has 2 aromatic carbocycles. The van der Waals surface area contributed by atoms with Crippen molar-refractivity contribution >= 4 is 17.9 Å². The molecule has 7 atom stereocenters. The van der Waals surface area contributed by atoms with Crippen molar-refractivity contribution in [2.75, 3.05) is 34.0 Å². The average Bonchev–Trinajstić information content (AvgIpc) is 3.10. The Bertz CT molecular complexity index is 1520. The molecule has 2 aliphatic rings. The van der Waals surface area contributed by atoms with E-state index < -0.39 is 80.5 Å². The van der Waals surface area contributed by atoms with E-state index in [-0.39, 0.29) is 40.6 Å². The molecule has 16 heteroatoms. The average molecular weight is 691 g/mol. The van der Waals surface area contributed by atoms with Gasteiger partial charge in [-0.2, -0.15) is 0 Å². The molecule has 49 heavy (non-hydrogen) atoms. The summed E-state index contributed by atoms with van der Waals surface area (Å²) < 4.78 is 37.6. The molecule has 266 valence electrons. The van der Waals surface area contributed by atoms with Crippen molar-refractivity contribution in [3.63, 3.8) is 0 Å². The number of phenolic OH excluding ortho intramolecular Hbond substituents is 2. The van der Waals surface area contributed by atoms with Crippen molar-refractivity contribution < 1.29 is 78.2 Å². The number of ether oxygens (including phenoxy) is 7. The molecular weight excluding hydrogens is 652 g/mol. The van der Waals surface area contributed by atoms with Crippen molar-refractivity contribution in [1.82, 2.24) is 0 Å².